The highest BCUT2D eigenvalue weighted by molar-refractivity contribution is 5.85. The zero-order valence-electron chi connectivity index (χ0n) is 15.7. The van der Waals surface area contributed by atoms with Crippen LogP contribution in [0.25, 0.3) is 0 Å². The van der Waals surface area contributed by atoms with Crippen LogP contribution in [0.15, 0.2) is 30.3 Å². The molecule has 0 aromatic heterocycles. The van der Waals surface area contributed by atoms with Crippen LogP contribution in [0.3, 0.4) is 0 Å². The quantitative estimate of drug-likeness (QED) is 0.875. The van der Waals surface area contributed by atoms with Crippen LogP contribution in [0.2, 0.25) is 0 Å². The highest BCUT2D eigenvalue weighted by Gasteiger charge is 2.35. The topological polar surface area (TPSA) is 52.7 Å². The average molecular weight is 380 g/mol. The predicted octanol–water partition coefficient (Wildman–Crippen LogP) is 2.10. The van der Waals surface area contributed by atoms with Crippen LogP contribution in [0.5, 0.6) is 0 Å². The first-order valence-electron chi connectivity index (χ1n) is 9.42. The molecular weight excluding hydrogens is 350 g/mol. The van der Waals surface area contributed by atoms with Gasteiger partial charge in [0, 0.05) is 38.3 Å². The van der Waals surface area contributed by atoms with Crippen LogP contribution in [-0.4, -0.2) is 59.9 Å². The van der Waals surface area contributed by atoms with E-state index in [0.717, 1.165) is 38.0 Å². The van der Waals surface area contributed by atoms with Gasteiger partial charge in [-0.05, 0) is 32.3 Å². The minimum Gasteiger partial charge on any atom is -0.342 e. The molecule has 2 amide bonds. The molecule has 144 valence electrons. The molecule has 26 heavy (non-hydrogen) atoms. The number of piperidine rings is 1. The lowest BCUT2D eigenvalue weighted by Gasteiger charge is -2.42. The summed E-state index contributed by atoms with van der Waals surface area (Å²) in [5.41, 5.74) is 1.03. The molecule has 5 nitrogen and oxygen atoms in total. The molecule has 0 spiro atoms. The molecule has 2 saturated heterocycles. The SMILES string of the molecule is CC1NCCN(C(=O)C2CCCN(C(=O)Cc3ccccc3)C2)C1C.Cl. The van der Waals surface area contributed by atoms with Crippen molar-refractivity contribution in [3.05, 3.63) is 35.9 Å². The molecule has 0 saturated carbocycles. The lowest BCUT2D eigenvalue weighted by molar-refractivity contribution is -0.143. The van der Waals surface area contributed by atoms with Crippen LogP contribution >= 0.6 is 12.4 Å². The summed E-state index contributed by atoms with van der Waals surface area (Å²) in [5.74, 6) is 0.296. The second-order valence-corrected chi connectivity index (χ2v) is 7.36. The summed E-state index contributed by atoms with van der Waals surface area (Å²) in [7, 11) is 0. The van der Waals surface area contributed by atoms with Gasteiger partial charge < -0.3 is 15.1 Å². The molecule has 3 unspecified atom stereocenters. The number of nitrogens with one attached hydrogen (secondary N) is 1. The molecule has 1 aromatic rings. The molecule has 1 N–H and O–H groups in total. The van der Waals surface area contributed by atoms with Gasteiger partial charge in [-0.15, -0.1) is 12.4 Å². The monoisotopic (exact) mass is 379 g/mol. The number of carbonyl (C=O) groups is 2. The molecule has 1 aromatic carbocycles. The molecule has 3 rings (SSSR count). The van der Waals surface area contributed by atoms with Gasteiger partial charge in [0.25, 0.3) is 0 Å². The van der Waals surface area contributed by atoms with Gasteiger partial charge in [-0.2, -0.15) is 0 Å². The standard InChI is InChI=1S/C20H29N3O2.ClH/c1-15-16(2)23(12-10-21-15)20(25)18-9-6-11-22(14-18)19(24)13-17-7-4-3-5-8-17;/h3-5,7-8,15-16,18,21H,6,9-14H2,1-2H3;1H. The zero-order valence-corrected chi connectivity index (χ0v) is 16.5. The van der Waals surface area contributed by atoms with E-state index in [9.17, 15) is 9.59 Å². The molecule has 0 bridgehead atoms. The molecule has 0 aliphatic carbocycles. The summed E-state index contributed by atoms with van der Waals surface area (Å²) in [4.78, 5) is 29.5. The fraction of sp³-hybridized carbons (Fsp3) is 0.600. The Hall–Kier alpha value is -1.59. The van der Waals surface area contributed by atoms with Crippen molar-refractivity contribution in [1.29, 1.82) is 0 Å². The van der Waals surface area contributed by atoms with Gasteiger partial charge in [0.1, 0.15) is 0 Å². The molecule has 3 atom stereocenters. The van der Waals surface area contributed by atoms with E-state index >= 15 is 0 Å². The third-order valence-electron chi connectivity index (χ3n) is 5.64. The number of piperazine rings is 1. The lowest BCUT2D eigenvalue weighted by atomic mass is 9.94. The van der Waals surface area contributed by atoms with Gasteiger partial charge >= 0.3 is 0 Å². The van der Waals surface area contributed by atoms with Crippen LogP contribution in [0.1, 0.15) is 32.3 Å². The minimum absolute atomic E-state index is 0. The van der Waals surface area contributed by atoms with Crippen LogP contribution in [-0.2, 0) is 16.0 Å². The lowest BCUT2D eigenvalue weighted by Crippen LogP contribution is -2.59. The highest BCUT2D eigenvalue weighted by Crippen LogP contribution is 2.22. The van der Waals surface area contributed by atoms with Crippen LogP contribution in [0.4, 0.5) is 0 Å². The molecule has 2 aliphatic heterocycles. The third-order valence-corrected chi connectivity index (χ3v) is 5.64. The van der Waals surface area contributed by atoms with Crippen LogP contribution < -0.4 is 5.32 Å². The van der Waals surface area contributed by atoms with E-state index in [1.165, 1.54) is 0 Å². The maximum absolute atomic E-state index is 13.0. The van der Waals surface area contributed by atoms with Gasteiger partial charge in [0.15, 0.2) is 0 Å². The second-order valence-electron chi connectivity index (χ2n) is 7.36. The number of benzene rings is 1. The van der Waals surface area contributed by atoms with Gasteiger partial charge in [-0.25, -0.2) is 0 Å². The predicted molar refractivity (Wildman–Crippen MR) is 105 cm³/mol. The maximum atomic E-state index is 13.0. The summed E-state index contributed by atoms with van der Waals surface area (Å²) >= 11 is 0. The Morgan fingerprint density at radius 2 is 1.88 bits per heavy atom. The summed E-state index contributed by atoms with van der Waals surface area (Å²) in [6, 6.07) is 10.4. The average Bonchev–Trinajstić information content (AvgIpc) is 2.64. The van der Waals surface area contributed by atoms with E-state index in [2.05, 4.69) is 19.2 Å². The van der Waals surface area contributed by atoms with Crippen molar-refractivity contribution in [3.8, 4) is 0 Å². The zero-order chi connectivity index (χ0) is 17.8. The van der Waals surface area contributed by atoms with Crippen molar-refractivity contribution in [3.63, 3.8) is 0 Å². The Morgan fingerprint density at radius 1 is 1.15 bits per heavy atom. The number of nitrogens with zero attached hydrogens (tertiary/aromatic N) is 2. The minimum atomic E-state index is -0.0544. The van der Waals surface area contributed by atoms with E-state index in [4.69, 9.17) is 0 Å². The summed E-state index contributed by atoms with van der Waals surface area (Å²) in [6.07, 6.45) is 2.22. The number of amides is 2. The van der Waals surface area contributed by atoms with Gasteiger partial charge in [0.2, 0.25) is 11.8 Å². The third kappa shape index (κ3) is 4.77. The van der Waals surface area contributed by atoms with Crippen molar-refractivity contribution in [2.24, 2.45) is 5.92 Å². The summed E-state index contributed by atoms with van der Waals surface area (Å²) < 4.78 is 0. The molecule has 2 fully saturated rings. The van der Waals surface area contributed by atoms with Gasteiger partial charge in [0.05, 0.1) is 12.3 Å². The van der Waals surface area contributed by atoms with E-state index in [1.54, 1.807) is 0 Å². The smallest absolute Gasteiger partial charge is 0.227 e. The molecular formula is C20H30ClN3O2. The van der Waals surface area contributed by atoms with Gasteiger partial charge in [-0.1, -0.05) is 30.3 Å². The Kier molecular flexibility index (Phi) is 7.47. The molecule has 2 heterocycles. The Balaban J connectivity index is 0.00000243. The number of hydrogen-bond acceptors (Lipinski definition) is 3. The van der Waals surface area contributed by atoms with Crippen molar-refractivity contribution >= 4 is 24.2 Å². The number of halogens is 1. The van der Waals surface area contributed by atoms with E-state index < -0.39 is 0 Å². The Labute approximate surface area is 162 Å². The summed E-state index contributed by atoms with van der Waals surface area (Å²) in [5, 5.41) is 3.42. The van der Waals surface area contributed by atoms with Gasteiger partial charge in [-0.3, -0.25) is 9.59 Å². The first-order chi connectivity index (χ1) is 12.1. The first kappa shape index (κ1) is 20.7. The summed E-state index contributed by atoms with van der Waals surface area (Å²) in [6.45, 7) is 7.18. The molecule has 0 radical (unpaired) electrons. The second kappa shape index (κ2) is 9.38. The Bertz CT molecular complexity index is 610. The van der Waals surface area contributed by atoms with E-state index in [0.29, 0.717) is 19.0 Å². The maximum Gasteiger partial charge on any atom is 0.227 e. The molecule has 2 aliphatic rings. The van der Waals surface area contributed by atoms with E-state index in [-0.39, 0.29) is 36.2 Å². The van der Waals surface area contributed by atoms with Crippen molar-refractivity contribution in [2.45, 2.75) is 45.2 Å². The largest absolute Gasteiger partial charge is 0.342 e. The van der Waals surface area contributed by atoms with Crippen molar-refractivity contribution in [1.82, 2.24) is 15.1 Å². The fourth-order valence-corrected chi connectivity index (χ4v) is 3.89. The van der Waals surface area contributed by atoms with E-state index in [1.807, 2.05) is 40.1 Å². The van der Waals surface area contributed by atoms with Crippen LogP contribution in [0, 0.1) is 5.92 Å². The number of rotatable bonds is 3. The number of carbonyl (C=O) groups excluding carboxylic acids is 2. The van der Waals surface area contributed by atoms with Crippen molar-refractivity contribution in [2.75, 3.05) is 26.2 Å². The normalized spacial score (nSPS) is 26.2. The van der Waals surface area contributed by atoms with Crippen molar-refractivity contribution < 1.29 is 9.59 Å². The number of hydrogen-bond donors (Lipinski definition) is 1. The molecule has 6 heteroatoms. The highest BCUT2D eigenvalue weighted by atomic mass is 35.5. The Morgan fingerprint density at radius 3 is 2.62 bits per heavy atom. The first-order valence-corrected chi connectivity index (χ1v) is 9.42. The number of likely N-dealkylation sites (tertiary alicyclic amines) is 1. The fourth-order valence-electron chi connectivity index (χ4n) is 3.89.